The van der Waals surface area contributed by atoms with Crippen LogP contribution in [0.25, 0.3) is 0 Å². The van der Waals surface area contributed by atoms with Gasteiger partial charge < -0.3 is 36.9 Å². The lowest BCUT2D eigenvalue weighted by Crippen LogP contribution is -2.57. The topological polar surface area (TPSA) is 200 Å². The number of nitrogens with zero attached hydrogens (tertiary/aromatic N) is 1. The molecule has 2 rings (SSSR count). The molecule has 8 N–H and O–H groups in total. The third kappa shape index (κ3) is 8.01. The van der Waals surface area contributed by atoms with Crippen LogP contribution < -0.4 is 21.7 Å². The van der Waals surface area contributed by atoms with Gasteiger partial charge >= 0.3 is 5.97 Å². The monoisotopic (exact) mass is 460 g/mol. The average Bonchev–Trinajstić information content (AvgIpc) is 3.30. The second kappa shape index (κ2) is 12.3. The van der Waals surface area contributed by atoms with Gasteiger partial charge in [-0.05, 0) is 12.5 Å². The number of rotatable bonds is 12. The van der Waals surface area contributed by atoms with Crippen LogP contribution in [-0.4, -0.2) is 74.6 Å². The van der Waals surface area contributed by atoms with Crippen LogP contribution in [0.1, 0.15) is 18.2 Å². The van der Waals surface area contributed by atoms with Crippen molar-refractivity contribution in [3.8, 4) is 0 Å². The molecule has 1 heterocycles. The Balaban J connectivity index is 1.89. The van der Waals surface area contributed by atoms with E-state index in [4.69, 9.17) is 5.73 Å². The number of aliphatic hydroxyl groups excluding tert-OH is 1. The van der Waals surface area contributed by atoms with Crippen molar-refractivity contribution in [2.75, 3.05) is 6.61 Å². The van der Waals surface area contributed by atoms with E-state index in [9.17, 15) is 29.4 Å². The highest BCUT2D eigenvalue weighted by Gasteiger charge is 2.28. The molecule has 1 aromatic heterocycles. The summed E-state index contributed by atoms with van der Waals surface area (Å²) in [6.07, 6.45) is 3.14. The van der Waals surface area contributed by atoms with Gasteiger partial charge in [0.25, 0.3) is 0 Å². The molecular weight excluding hydrogens is 432 g/mol. The van der Waals surface area contributed by atoms with E-state index in [0.717, 1.165) is 5.56 Å². The minimum atomic E-state index is -1.35. The van der Waals surface area contributed by atoms with Crippen LogP contribution in [0.4, 0.5) is 0 Å². The summed E-state index contributed by atoms with van der Waals surface area (Å²) in [6.45, 7) is 0.628. The summed E-state index contributed by atoms with van der Waals surface area (Å²) in [6, 6.07) is 4.09. The zero-order valence-corrected chi connectivity index (χ0v) is 18.0. The molecule has 12 heteroatoms. The van der Waals surface area contributed by atoms with Gasteiger partial charge in [0.2, 0.25) is 17.7 Å². The number of nitrogens with two attached hydrogens (primary N) is 1. The molecule has 0 bridgehead atoms. The van der Waals surface area contributed by atoms with E-state index < -0.39 is 54.5 Å². The number of hydrogen-bond donors (Lipinski definition) is 7. The number of benzene rings is 1. The molecule has 3 amide bonds. The largest absolute Gasteiger partial charge is 0.480 e. The number of imidazole rings is 1. The van der Waals surface area contributed by atoms with Gasteiger partial charge in [0, 0.05) is 24.7 Å². The quantitative estimate of drug-likeness (QED) is 0.190. The number of amides is 3. The maximum atomic E-state index is 12.4. The number of carboxylic acids is 1. The number of carbonyl (C=O) groups is 4. The molecule has 0 fully saturated rings. The Hall–Kier alpha value is -3.77. The normalized spacial score (nSPS) is 14.4. The minimum absolute atomic E-state index is 0.0616. The summed E-state index contributed by atoms with van der Waals surface area (Å²) in [4.78, 5) is 55.3. The van der Waals surface area contributed by atoms with E-state index in [1.54, 1.807) is 30.3 Å². The fourth-order valence-electron chi connectivity index (χ4n) is 2.92. The highest BCUT2D eigenvalue weighted by molar-refractivity contribution is 5.94. The number of aliphatic carboxylic acids is 1. The van der Waals surface area contributed by atoms with Crippen molar-refractivity contribution < 1.29 is 29.4 Å². The van der Waals surface area contributed by atoms with Crippen molar-refractivity contribution in [3.05, 3.63) is 54.1 Å². The second-order valence-electron chi connectivity index (χ2n) is 7.45. The van der Waals surface area contributed by atoms with Gasteiger partial charge in [-0.25, -0.2) is 9.78 Å². The first-order valence-electron chi connectivity index (χ1n) is 10.2. The van der Waals surface area contributed by atoms with Crippen LogP contribution >= 0.6 is 0 Å². The summed E-state index contributed by atoms with van der Waals surface area (Å²) in [5.74, 6) is -3.45. The number of aromatic nitrogens is 2. The summed E-state index contributed by atoms with van der Waals surface area (Å²) in [5.41, 5.74) is 7.16. The third-order valence-electron chi connectivity index (χ3n) is 4.80. The van der Waals surface area contributed by atoms with Crippen LogP contribution in [0.5, 0.6) is 0 Å². The number of carbonyl (C=O) groups excluding carboxylic acids is 3. The van der Waals surface area contributed by atoms with Crippen LogP contribution in [0.15, 0.2) is 42.9 Å². The first-order chi connectivity index (χ1) is 15.7. The average molecular weight is 460 g/mol. The second-order valence-corrected chi connectivity index (χ2v) is 7.45. The minimum Gasteiger partial charge on any atom is -0.480 e. The van der Waals surface area contributed by atoms with E-state index >= 15 is 0 Å². The third-order valence-corrected chi connectivity index (χ3v) is 4.80. The molecule has 0 aliphatic rings. The molecule has 0 spiro atoms. The van der Waals surface area contributed by atoms with Crippen LogP contribution in [0, 0.1) is 0 Å². The highest BCUT2D eigenvalue weighted by Crippen LogP contribution is 2.04. The zero-order valence-electron chi connectivity index (χ0n) is 18.0. The molecule has 0 aliphatic heterocycles. The SMILES string of the molecule is CC(NC(=O)C(CO)NC(=O)C(N)Cc1cnc[nH]1)C(=O)NC(Cc1ccccc1)C(=O)O. The summed E-state index contributed by atoms with van der Waals surface area (Å²) >= 11 is 0. The molecular formula is C21H28N6O6. The van der Waals surface area contributed by atoms with Crippen LogP contribution in [0.3, 0.4) is 0 Å². The lowest BCUT2D eigenvalue weighted by atomic mass is 10.1. The number of aromatic amines is 1. The van der Waals surface area contributed by atoms with Gasteiger partial charge in [-0.1, -0.05) is 30.3 Å². The lowest BCUT2D eigenvalue weighted by molar-refractivity contribution is -0.142. The van der Waals surface area contributed by atoms with E-state index in [1.165, 1.54) is 19.4 Å². The standard InChI is InChI=1S/C21H28N6O6/c1-12(18(29)26-16(21(32)33)7-13-5-3-2-4-6-13)25-20(31)17(10-28)27-19(30)15(22)8-14-9-23-11-24-14/h2-6,9,11-12,15-17,28H,7-8,10,22H2,1H3,(H,23,24)(H,25,31)(H,26,29)(H,27,30)(H,32,33). The van der Waals surface area contributed by atoms with E-state index in [2.05, 4.69) is 25.9 Å². The molecule has 1 aromatic carbocycles. The Morgan fingerprint density at radius 1 is 1.00 bits per heavy atom. The van der Waals surface area contributed by atoms with Gasteiger partial charge in [-0.2, -0.15) is 0 Å². The smallest absolute Gasteiger partial charge is 0.326 e. The van der Waals surface area contributed by atoms with Crippen molar-refractivity contribution in [1.29, 1.82) is 0 Å². The van der Waals surface area contributed by atoms with E-state index in [0.29, 0.717) is 5.69 Å². The fourth-order valence-corrected chi connectivity index (χ4v) is 2.92. The molecule has 0 aliphatic carbocycles. The Morgan fingerprint density at radius 2 is 1.67 bits per heavy atom. The molecule has 0 saturated heterocycles. The number of H-pyrrole nitrogens is 1. The van der Waals surface area contributed by atoms with Crippen molar-refractivity contribution in [2.45, 2.75) is 43.9 Å². The van der Waals surface area contributed by atoms with Crippen molar-refractivity contribution in [1.82, 2.24) is 25.9 Å². The number of nitrogens with one attached hydrogen (secondary N) is 4. The molecule has 4 atom stereocenters. The molecule has 33 heavy (non-hydrogen) atoms. The molecule has 0 radical (unpaired) electrons. The summed E-state index contributed by atoms with van der Waals surface area (Å²) < 4.78 is 0. The maximum absolute atomic E-state index is 12.4. The fraction of sp³-hybridized carbons (Fsp3) is 0.381. The van der Waals surface area contributed by atoms with Gasteiger partial charge in [0.05, 0.1) is 19.0 Å². The van der Waals surface area contributed by atoms with Gasteiger partial charge in [-0.15, -0.1) is 0 Å². The maximum Gasteiger partial charge on any atom is 0.326 e. The Bertz CT molecular complexity index is 936. The molecule has 2 aromatic rings. The first kappa shape index (κ1) is 25.5. The molecule has 178 valence electrons. The molecule has 0 saturated carbocycles. The van der Waals surface area contributed by atoms with Gasteiger partial charge in [-0.3, -0.25) is 14.4 Å². The molecule has 4 unspecified atom stereocenters. The Kier molecular flexibility index (Phi) is 9.51. The predicted molar refractivity (Wildman–Crippen MR) is 117 cm³/mol. The first-order valence-corrected chi connectivity index (χ1v) is 10.2. The van der Waals surface area contributed by atoms with E-state index in [-0.39, 0.29) is 12.8 Å². The van der Waals surface area contributed by atoms with Gasteiger partial charge in [0.15, 0.2) is 0 Å². The zero-order chi connectivity index (χ0) is 24.4. The Labute approximate surface area is 190 Å². The highest BCUT2D eigenvalue weighted by atomic mass is 16.4. The Morgan fingerprint density at radius 3 is 2.24 bits per heavy atom. The van der Waals surface area contributed by atoms with Crippen molar-refractivity contribution in [3.63, 3.8) is 0 Å². The van der Waals surface area contributed by atoms with Crippen molar-refractivity contribution >= 4 is 23.7 Å². The predicted octanol–water partition coefficient (Wildman–Crippen LogP) is -1.93. The van der Waals surface area contributed by atoms with Gasteiger partial charge in [0.1, 0.15) is 18.1 Å². The number of aliphatic hydroxyl groups is 1. The number of carboxylic acid groups (broad SMARTS) is 1. The summed E-state index contributed by atoms with van der Waals surface area (Å²) in [7, 11) is 0. The molecule has 12 nitrogen and oxygen atoms in total. The lowest BCUT2D eigenvalue weighted by Gasteiger charge is -2.22. The van der Waals surface area contributed by atoms with Crippen LogP contribution in [-0.2, 0) is 32.0 Å². The van der Waals surface area contributed by atoms with E-state index in [1.807, 2.05) is 0 Å². The van der Waals surface area contributed by atoms with Crippen LogP contribution in [0.2, 0.25) is 0 Å². The number of hydrogen-bond acceptors (Lipinski definition) is 7. The summed E-state index contributed by atoms with van der Waals surface area (Å²) in [5, 5.41) is 26.0. The van der Waals surface area contributed by atoms with Crippen molar-refractivity contribution in [2.24, 2.45) is 5.73 Å².